The molecule has 0 aromatic heterocycles. The van der Waals surface area contributed by atoms with Gasteiger partial charge in [-0.05, 0) is 18.2 Å². The fourth-order valence-electron chi connectivity index (χ4n) is 2.13. The Morgan fingerprint density at radius 2 is 1.72 bits per heavy atom. The zero-order valence-corrected chi connectivity index (χ0v) is 10.1. The van der Waals surface area contributed by atoms with Gasteiger partial charge in [-0.15, -0.1) is 0 Å². The number of amides is 1. The SMILES string of the molecule is O=C(c1ccc2c(c1)OCCO2)N1CCOCC1. The average Bonchev–Trinajstić information content (AvgIpc) is 2.47. The fraction of sp³-hybridized carbons (Fsp3) is 0.462. The summed E-state index contributed by atoms with van der Waals surface area (Å²) in [4.78, 5) is 14.1. The number of carbonyl (C=O) groups excluding carboxylic acids is 1. The Balaban J connectivity index is 1.80. The predicted molar refractivity (Wildman–Crippen MR) is 64.2 cm³/mol. The molecule has 1 amide bonds. The number of ether oxygens (including phenoxy) is 3. The molecular formula is C13H15NO4. The van der Waals surface area contributed by atoms with Gasteiger partial charge in [0.05, 0.1) is 13.2 Å². The van der Waals surface area contributed by atoms with Crippen LogP contribution in [0, 0.1) is 0 Å². The monoisotopic (exact) mass is 249 g/mol. The number of hydrogen-bond acceptors (Lipinski definition) is 4. The maximum Gasteiger partial charge on any atom is 0.254 e. The van der Waals surface area contributed by atoms with E-state index in [1.807, 2.05) is 0 Å². The van der Waals surface area contributed by atoms with E-state index in [4.69, 9.17) is 14.2 Å². The van der Waals surface area contributed by atoms with Gasteiger partial charge >= 0.3 is 0 Å². The normalized spacial score (nSPS) is 18.6. The van der Waals surface area contributed by atoms with Gasteiger partial charge in [0.2, 0.25) is 0 Å². The molecule has 0 bridgehead atoms. The van der Waals surface area contributed by atoms with Crippen LogP contribution in [0.4, 0.5) is 0 Å². The molecule has 0 unspecified atom stereocenters. The van der Waals surface area contributed by atoms with E-state index in [1.165, 1.54) is 0 Å². The molecule has 96 valence electrons. The molecule has 18 heavy (non-hydrogen) atoms. The molecule has 2 heterocycles. The predicted octanol–water partition coefficient (Wildman–Crippen LogP) is 0.930. The molecule has 0 atom stereocenters. The van der Waals surface area contributed by atoms with E-state index < -0.39 is 0 Å². The highest BCUT2D eigenvalue weighted by Gasteiger charge is 2.20. The van der Waals surface area contributed by atoms with E-state index in [0.717, 1.165) is 0 Å². The molecule has 5 nitrogen and oxygen atoms in total. The molecule has 3 rings (SSSR count). The van der Waals surface area contributed by atoms with Gasteiger partial charge in [-0.2, -0.15) is 0 Å². The molecule has 0 saturated carbocycles. The molecule has 0 N–H and O–H groups in total. The van der Waals surface area contributed by atoms with Crippen LogP contribution in [0.15, 0.2) is 18.2 Å². The maximum atomic E-state index is 12.3. The van der Waals surface area contributed by atoms with Gasteiger partial charge in [-0.1, -0.05) is 0 Å². The van der Waals surface area contributed by atoms with E-state index in [2.05, 4.69) is 0 Å². The first kappa shape index (κ1) is 11.3. The minimum absolute atomic E-state index is 0.0234. The number of fused-ring (bicyclic) bond motifs is 1. The highest BCUT2D eigenvalue weighted by molar-refractivity contribution is 5.95. The third-order valence-corrected chi connectivity index (χ3v) is 3.09. The van der Waals surface area contributed by atoms with Crippen molar-refractivity contribution in [2.75, 3.05) is 39.5 Å². The third-order valence-electron chi connectivity index (χ3n) is 3.09. The van der Waals surface area contributed by atoms with Gasteiger partial charge in [0.25, 0.3) is 5.91 Å². The van der Waals surface area contributed by atoms with Crippen molar-refractivity contribution >= 4 is 5.91 Å². The summed E-state index contributed by atoms with van der Waals surface area (Å²) >= 11 is 0. The van der Waals surface area contributed by atoms with Crippen LogP contribution in [0.25, 0.3) is 0 Å². The van der Waals surface area contributed by atoms with Gasteiger partial charge < -0.3 is 19.1 Å². The van der Waals surface area contributed by atoms with Crippen LogP contribution in [0.1, 0.15) is 10.4 Å². The van der Waals surface area contributed by atoms with E-state index in [9.17, 15) is 4.79 Å². The second-order valence-corrected chi connectivity index (χ2v) is 4.26. The molecule has 0 spiro atoms. The Labute approximate surface area is 105 Å². The fourth-order valence-corrected chi connectivity index (χ4v) is 2.13. The second-order valence-electron chi connectivity index (χ2n) is 4.26. The zero-order valence-electron chi connectivity index (χ0n) is 10.1. The largest absolute Gasteiger partial charge is 0.486 e. The molecule has 1 fully saturated rings. The molecule has 0 radical (unpaired) electrons. The summed E-state index contributed by atoms with van der Waals surface area (Å²) in [6.45, 7) is 3.60. The highest BCUT2D eigenvalue weighted by Crippen LogP contribution is 2.31. The summed E-state index contributed by atoms with van der Waals surface area (Å²) in [7, 11) is 0. The Kier molecular flexibility index (Phi) is 3.06. The number of morpholine rings is 1. The van der Waals surface area contributed by atoms with Gasteiger partial charge in [0, 0.05) is 18.7 Å². The Hall–Kier alpha value is -1.75. The summed E-state index contributed by atoms with van der Waals surface area (Å²) < 4.78 is 16.2. The minimum Gasteiger partial charge on any atom is -0.486 e. The van der Waals surface area contributed by atoms with Crippen LogP contribution < -0.4 is 9.47 Å². The van der Waals surface area contributed by atoms with Gasteiger partial charge in [0.1, 0.15) is 13.2 Å². The summed E-state index contributed by atoms with van der Waals surface area (Å²) in [5, 5.41) is 0. The van der Waals surface area contributed by atoms with Crippen molar-refractivity contribution in [3.63, 3.8) is 0 Å². The van der Waals surface area contributed by atoms with Gasteiger partial charge in [-0.25, -0.2) is 0 Å². The summed E-state index contributed by atoms with van der Waals surface area (Å²) in [5.74, 6) is 1.38. The molecular weight excluding hydrogens is 234 g/mol. The lowest BCUT2D eigenvalue weighted by molar-refractivity contribution is 0.0302. The molecule has 2 aliphatic rings. The van der Waals surface area contributed by atoms with Crippen molar-refractivity contribution < 1.29 is 19.0 Å². The van der Waals surface area contributed by atoms with Crippen LogP contribution in [-0.2, 0) is 4.74 Å². The lowest BCUT2D eigenvalue weighted by Crippen LogP contribution is -2.40. The lowest BCUT2D eigenvalue weighted by atomic mass is 10.1. The number of rotatable bonds is 1. The van der Waals surface area contributed by atoms with E-state index >= 15 is 0 Å². The summed E-state index contributed by atoms with van der Waals surface area (Å²) in [6.07, 6.45) is 0. The summed E-state index contributed by atoms with van der Waals surface area (Å²) in [6, 6.07) is 5.33. The van der Waals surface area contributed by atoms with Crippen LogP contribution >= 0.6 is 0 Å². The van der Waals surface area contributed by atoms with Crippen LogP contribution in [0.2, 0.25) is 0 Å². The number of benzene rings is 1. The minimum atomic E-state index is 0.0234. The first-order valence-corrected chi connectivity index (χ1v) is 6.11. The standard InChI is InChI=1S/C13H15NO4/c15-13(14-3-5-16-6-4-14)10-1-2-11-12(9-10)18-8-7-17-11/h1-2,9H,3-8H2. The van der Waals surface area contributed by atoms with Gasteiger partial charge in [-0.3, -0.25) is 4.79 Å². The smallest absolute Gasteiger partial charge is 0.254 e. The molecule has 0 aliphatic carbocycles. The van der Waals surface area contributed by atoms with E-state index in [1.54, 1.807) is 23.1 Å². The maximum absolute atomic E-state index is 12.3. The number of hydrogen-bond donors (Lipinski definition) is 0. The Morgan fingerprint density at radius 1 is 1.00 bits per heavy atom. The zero-order chi connectivity index (χ0) is 12.4. The van der Waals surface area contributed by atoms with E-state index in [-0.39, 0.29) is 5.91 Å². The number of carbonyl (C=O) groups is 1. The Bertz CT molecular complexity index is 454. The van der Waals surface area contributed by atoms with Crippen molar-refractivity contribution in [2.24, 2.45) is 0 Å². The molecule has 1 aromatic rings. The van der Waals surface area contributed by atoms with Crippen molar-refractivity contribution in [1.82, 2.24) is 4.90 Å². The Morgan fingerprint density at radius 3 is 2.50 bits per heavy atom. The van der Waals surface area contributed by atoms with Crippen molar-refractivity contribution in [3.05, 3.63) is 23.8 Å². The van der Waals surface area contributed by atoms with Crippen molar-refractivity contribution in [2.45, 2.75) is 0 Å². The van der Waals surface area contributed by atoms with Crippen LogP contribution in [0.5, 0.6) is 11.5 Å². The first-order chi connectivity index (χ1) is 8.84. The average molecular weight is 249 g/mol. The number of nitrogens with zero attached hydrogens (tertiary/aromatic N) is 1. The van der Waals surface area contributed by atoms with Crippen LogP contribution in [-0.4, -0.2) is 50.3 Å². The molecule has 2 aliphatic heterocycles. The molecule has 1 saturated heterocycles. The van der Waals surface area contributed by atoms with E-state index in [0.29, 0.717) is 56.6 Å². The topological polar surface area (TPSA) is 48.0 Å². The van der Waals surface area contributed by atoms with Gasteiger partial charge in [0.15, 0.2) is 11.5 Å². The second kappa shape index (κ2) is 4.86. The quantitative estimate of drug-likeness (QED) is 0.743. The third kappa shape index (κ3) is 2.13. The first-order valence-electron chi connectivity index (χ1n) is 6.11. The highest BCUT2D eigenvalue weighted by atomic mass is 16.6. The molecule has 5 heteroatoms. The van der Waals surface area contributed by atoms with Crippen molar-refractivity contribution in [3.8, 4) is 11.5 Å². The van der Waals surface area contributed by atoms with Crippen LogP contribution in [0.3, 0.4) is 0 Å². The lowest BCUT2D eigenvalue weighted by Gasteiger charge is -2.27. The molecule has 1 aromatic carbocycles. The van der Waals surface area contributed by atoms with Crippen molar-refractivity contribution in [1.29, 1.82) is 0 Å². The summed E-state index contributed by atoms with van der Waals surface area (Å²) in [5.41, 5.74) is 0.640.